The Morgan fingerprint density at radius 1 is 1.17 bits per heavy atom. The molecule has 1 N–H and O–H groups in total. The van der Waals surface area contributed by atoms with Gasteiger partial charge in [-0.3, -0.25) is 0 Å². The minimum absolute atomic E-state index is 0.0345. The van der Waals surface area contributed by atoms with Crippen molar-refractivity contribution in [2.45, 2.75) is 6.61 Å². The number of ether oxygens (including phenoxy) is 2. The summed E-state index contributed by atoms with van der Waals surface area (Å²) in [6, 6.07) is 14.1. The van der Waals surface area contributed by atoms with Crippen LogP contribution in [-0.2, 0) is 4.74 Å². The average molecular weight is 318 g/mol. The molecule has 0 amide bonds. The standard InChI is InChI=1S/C16H12F2N2O3/c17-16(18)23-12-7-5-11(6-8-12)20-14-4-2-1-3-13(14)15(21)22-10-9-19/h1-8,16,20H,10H2. The predicted octanol–water partition coefficient (Wildman–Crippen LogP) is 3.71. The van der Waals surface area contributed by atoms with Crippen LogP contribution in [0.25, 0.3) is 0 Å². The summed E-state index contributed by atoms with van der Waals surface area (Å²) in [5, 5.41) is 11.4. The molecule has 0 aromatic heterocycles. The van der Waals surface area contributed by atoms with Gasteiger partial charge in [0.25, 0.3) is 0 Å². The molecule has 2 aromatic rings. The molecule has 5 nitrogen and oxygen atoms in total. The van der Waals surface area contributed by atoms with Gasteiger partial charge < -0.3 is 14.8 Å². The highest BCUT2D eigenvalue weighted by atomic mass is 19.3. The molecule has 0 saturated carbocycles. The largest absolute Gasteiger partial charge is 0.447 e. The number of nitrogens with zero attached hydrogens (tertiary/aromatic N) is 1. The molecule has 2 rings (SSSR count). The molecule has 0 radical (unpaired) electrons. The predicted molar refractivity (Wildman–Crippen MR) is 78.7 cm³/mol. The zero-order chi connectivity index (χ0) is 16.7. The van der Waals surface area contributed by atoms with Gasteiger partial charge in [0, 0.05) is 5.69 Å². The lowest BCUT2D eigenvalue weighted by Crippen LogP contribution is -2.08. The number of hydrogen-bond donors (Lipinski definition) is 1. The van der Waals surface area contributed by atoms with Crippen molar-refractivity contribution in [2.75, 3.05) is 11.9 Å². The van der Waals surface area contributed by atoms with Crippen LogP contribution in [0.4, 0.5) is 20.2 Å². The van der Waals surface area contributed by atoms with Crippen molar-refractivity contribution in [3.05, 3.63) is 54.1 Å². The van der Waals surface area contributed by atoms with E-state index in [1.807, 2.05) is 0 Å². The van der Waals surface area contributed by atoms with Crippen molar-refractivity contribution in [2.24, 2.45) is 0 Å². The van der Waals surface area contributed by atoms with E-state index in [1.165, 1.54) is 24.3 Å². The number of para-hydroxylation sites is 1. The van der Waals surface area contributed by atoms with E-state index < -0.39 is 12.6 Å². The van der Waals surface area contributed by atoms with Gasteiger partial charge in [-0.15, -0.1) is 0 Å². The first-order valence-electron chi connectivity index (χ1n) is 6.55. The highest BCUT2D eigenvalue weighted by Gasteiger charge is 2.12. The number of esters is 1. The molecule has 7 heteroatoms. The molecule has 0 fully saturated rings. The van der Waals surface area contributed by atoms with Crippen molar-refractivity contribution in [3.8, 4) is 11.8 Å². The third-order valence-electron chi connectivity index (χ3n) is 2.77. The van der Waals surface area contributed by atoms with Gasteiger partial charge in [0.2, 0.25) is 0 Å². The summed E-state index contributed by atoms with van der Waals surface area (Å²) in [4.78, 5) is 11.9. The average Bonchev–Trinajstić information content (AvgIpc) is 2.54. The highest BCUT2D eigenvalue weighted by molar-refractivity contribution is 5.96. The van der Waals surface area contributed by atoms with E-state index in [0.717, 1.165) is 0 Å². The van der Waals surface area contributed by atoms with Crippen molar-refractivity contribution in [1.82, 2.24) is 0 Å². The Bertz CT molecular complexity index is 712. The number of halogens is 2. The van der Waals surface area contributed by atoms with Gasteiger partial charge in [-0.1, -0.05) is 12.1 Å². The maximum absolute atomic E-state index is 12.1. The Balaban J connectivity index is 2.14. The molecule has 0 saturated heterocycles. The minimum Gasteiger partial charge on any atom is -0.447 e. The maximum Gasteiger partial charge on any atom is 0.387 e. The second kappa shape index (κ2) is 7.75. The molecular weight excluding hydrogens is 306 g/mol. The number of carbonyl (C=O) groups is 1. The summed E-state index contributed by atoms with van der Waals surface area (Å²) in [6.45, 7) is -3.23. The zero-order valence-electron chi connectivity index (χ0n) is 11.8. The van der Waals surface area contributed by atoms with Crippen LogP contribution in [-0.4, -0.2) is 19.2 Å². The lowest BCUT2D eigenvalue weighted by Gasteiger charge is -2.11. The third kappa shape index (κ3) is 4.68. The molecule has 118 valence electrons. The molecule has 0 aliphatic heterocycles. The normalized spacial score (nSPS) is 10.0. The summed E-state index contributed by atoms with van der Waals surface area (Å²) >= 11 is 0. The van der Waals surface area contributed by atoms with E-state index in [0.29, 0.717) is 11.4 Å². The molecule has 0 unspecified atom stereocenters. The van der Waals surface area contributed by atoms with Gasteiger partial charge in [-0.05, 0) is 36.4 Å². The van der Waals surface area contributed by atoms with Crippen LogP contribution in [0.3, 0.4) is 0 Å². The van der Waals surface area contributed by atoms with Crippen LogP contribution in [0.1, 0.15) is 10.4 Å². The second-order valence-corrected chi connectivity index (χ2v) is 4.31. The summed E-state index contributed by atoms with van der Waals surface area (Å²) in [6.07, 6.45) is 0. The quantitative estimate of drug-likeness (QED) is 0.822. The monoisotopic (exact) mass is 318 g/mol. The summed E-state index contributed by atoms with van der Waals surface area (Å²) < 4.78 is 33.2. The molecule has 2 aromatic carbocycles. The molecule has 0 aliphatic rings. The lowest BCUT2D eigenvalue weighted by molar-refractivity contribution is -0.0498. The zero-order valence-corrected chi connectivity index (χ0v) is 11.8. The number of carbonyl (C=O) groups excluding carboxylic acids is 1. The van der Waals surface area contributed by atoms with Crippen molar-refractivity contribution in [3.63, 3.8) is 0 Å². The fourth-order valence-electron chi connectivity index (χ4n) is 1.82. The van der Waals surface area contributed by atoms with Crippen LogP contribution in [0.15, 0.2) is 48.5 Å². The van der Waals surface area contributed by atoms with Gasteiger partial charge in [-0.2, -0.15) is 14.0 Å². The summed E-state index contributed by atoms with van der Waals surface area (Å²) in [5.74, 6) is -0.598. The number of alkyl halides is 2. The van der Waals surface area contributed by atoms with Gasteiger partial charge in [0.15, 0.2) is 6.61 Å². The van der Waals surface area contributed by atoms with E-state index in [2.05, 4.69) is 10.1 Å². The molecule has 0 bridgehead atoms. The summed E-state index contributed by atoms with van der Waals surface area (Å²) in [7, 11) is 0. The van der Waals surface area contributed by atoms with E-state index in [4.69, 9.17) is 10.00 Å². The number of nitriles is 1. The summed E-state index contributed by atoms with van der Waals surface area (Å²) in [5.41, 5.74) is 1.31. The fraction of sp³-hybridized carbons (Fsp3) is 0.125. The molecule has 23 heavy (non-hydrogen) atoms. The molecule has 0 spiro atoms. The molecule has 0 aliphatic carbocycles. The van der Waals surface area contributed by atoms with Gasteiger partial charge in [0.1, 0.15) is 11.8 Å². The smallest absolute Gasteiger partial charge is 0.387 e. The fourth-order valence-corrected chi connectivity index (χ4v) is 1.82. The number of hydrogen-bond acceptors (Lipinski definition) is 5. The van der Waals surface area contributed by atoms with Crippen LogP contribution in [0, 0.1) is 11.3 Å². The first-order valence-corrected chi connectivity index (χ1v) is 6.55. The minimum atomic E-state index is -2.88. The highest BCUT2D eigenvalue weighted by Crippen LogP contribution is 2.24. The number of rotatable bonds is 6. The van der Waals surface area contributed by atoms with Gasteiger partial charge >= 0.3 is 12.6 Å². The maximum atomic E-state index is 12.1. The Morgan fingerprint density at radius 2 is 1.87 bits per heavy atom. The van der Waals surface area contributed by atoms with Crippen LogP contribution >= 0.6 is 0 Å². The number of benzene rings is 2. The van der Waals surface area contributed by atoms with Crippen molar-refractivity contribution < 1.29 is 23.0 Å². The Morgan fingerprint density at radius 3 is 2.52 bits per heavy atom. The van der Waals surface area contributed by atoms with Gasteiger partial charge in [-0.25, -0.2) is 4.79 Å². The third-order valence-corrected chi connectivity index (χ3v) is 2.77. The van der Waals surface area contributed by atoms with E-state index >= 15 is 0 Å². The van der Waals surface area contributed by atoms with Crippen LogP contribution < -0.4 is 10.1 Å². The van der Waals surface area contributed by atoms with E-state index in [-0.39, 0.29) is 17.9 Å². The Hall–Kier alpha value is -3.14. The first kappa shape index (κ1) is 16.2. The van der Waals surface area contributed by atoms with Crippen molar-refractivity contribution in [1.29, 1.82) is 5.26 Å². The van der Waals surface area contributed by atoms with E-state index in [1.54, 1.807) is 30.3 Å². The van der Waals surface area contributed by atoms with Crippen molar-refractivity contribution >= 4 is 17.3 Å². The Labute approximate surface area is 131 Å². The topological polar surface area (TPSA) is 71.3 Å². The molecular formula is C16H12F2N2O3. The SMILES string of the molecule is N#CCOC(=O)c1ccccc1Nc1ccc(OC(F)F)cc1. The van der Waals surface area contributed by atoms with E-state index in [9.17, 15) is 13.6 Å². The lowest BCUT2D eigenvalue weighted by atomic mass is 10.1. The molecule has 0 atom stereocenters. The van der Waals surface area contributed by atoms with Crippen LogP contribution in [0.5, 0.6) is 5.75 Å². The van der Waals surface area contributed by atoms with Gasteiger partial charge in [0.05, 0.1) is 11.3 Å². The first-order chi connectivity index (χ1) is 11.1. The number of nitrogens with one attached hydrogen (secondary N) is 1. The Kier molecular flexibility index (Phi) is 5.47. The number of anilines is 2. The second-order valence-electron chi connectivity index (χ2n) is 4.31. The molecule has 0 heterocycles. The van der Waals surface area contributed by atoms with Crippen LogP contribution in [0.2, 0.25) is 0 Å².